The highest BCUT2D eigenvalue weighted by Gasteiger charge is 2.23. The Morgan fingerprint density at radius 1 is 1.36 bits per heavy atom. The predicted octanol–water partition coefficient (Wildman–Crippen LogP) is 3.25. The fraction of sp³-hybridized carbons (Fsp3) is 0.0667. The molecule has 7 heteroatoms. The largest absolute Gasteiger partial charge is 0.497 e. The molecule has 3 aromatic rings. The normalized spacial score (nSPS) is 10.4. The highest BCUT2D eigenvalue weighted by molar-refractivity contribution is 7.13. The van der Waals surface area contributed by atoms with E-state index in [2.05, 4.69) is 10.5 Å². The number of hydrogen-bond acceptors (Lipinski definition) is 6. The van der Waals surface area contributed by atoms with Crippen LogP contribution in [0.4, 0.5) is 11.6 Å². The number of anilines is 2. The molecule has 1 aromatic carbocycles. The standard InChI is InChI=1S/C15H13N3O3S/c1-20-10-5-2-4-9(8-10)17-15(19)12-13(18-21-14(12)16)11-6-3-7-22-11/h2-8H,16H2,1H3,(H,17,19). The highest BCUT2D eigenvalue weighted by atomic mass is 32.1. The van der Waals surface area contributed by atoms with Crippen LogP contribution in [0.2, 0.25) is 0 Å². The number of nitrogens with one attached hydrogen (secondary N) is 1. The van der Waals surface area contributed by atoms with Crippen LogP contribution in [0.3, 0.4) is 0 Å². The molecule has 0 aliphatic heterocycles. The number of nitrogens with zero attached hydrogens (tertiary/aromatic N) is 1. The second kappa shape index (κ2) is 5.90. The Kier molecular flexibility index (Phi) is 3.80. The average Bonchev–Trinajstić information content (AvgIpc) is 3.16. The zero-order valence-electron chi connectivity index (χ0n) is 11.7. The predicted molar refractivity (Wildman–Crippen MR) is 85.2 cm³/mol. The van der Waals surface area contributed by atoms with Crippen LogP contribution in [-0.4, -0.2) is 18.2 Å². The molecule has 22 heavy (non-hydrogen) atoms. The molecule has 0 bridgehead atoms. The number of carbonyl (C=O) groups excluding carboxylic acids is 1. The van der Waals surface area contributed by atoms with E-state index in [9.17, 15) is 4.79 Å². The number of aromatic nitrogens is 1. The maximum atomic E-state index is 12.5. The fourth-order valence-electron chi connectivity index (χ4n) is 2.00. The molecule has 0 aliphatic carbocycles. The molecule has 0 unspecified atom stereocenters. The van der Waals surface area contributed by atoms with Crippen molar-refractivity contribution >= 4 is 28.8 Å². The zero-order chi connectivity index (χ0) is 15.5. The topological polar surface area (TPSA) is 90.4 Å². The van der Waals surface area contributed by atoms with Crippen molar-refractivity contribution in [2.45, 2.75) is 0 Å². The molecule has 1 amide bonds. The lowest BCUT2D eigenvalue weighted by Gasteiger charge is -2.06. The number of carbonyl (C=O) groups is 1. The average molecular weight is 315 g/mol. The summed E-state index contributed by atoms with van der Waals surface area (Å²) in [6.45, 7) is 0. The van der Waals surface area contributed by atoms with Gasteiger partial charge in [-0.25, -0.2) is 0 Å². The van der Waals surface area contributed by atoms with Crippen LogP contribution in [0.15, 0.2) is 46.3 Å². The Bertz CT molecular complexity index is 796. The van der Waals surface area contributed by atoms with Crippen molar-refractivity contribution in [1.82, 2.24) is 5.16 Å². The number of hydrogen-bond donors (Lipinski definition) is 2. The van der Waals surface area contributed by atoms with E-state index in [4.69, 9.17) is 15.0 Å². The van der Waals surface area contributed by atoms with Crippen LogP contribution in [0.25, 0.3) is 10.6 Å². The van der Waals surface area contributed by atoms with E-state index in [0.29, 0.717) is 17.1 Å². The summed E-state index contributed by atoms with van der Waals surface area (Å²) in [7, 11) is 1.56. The summed E-state index contributed by atoms with van der Waals surface area (Å²) in [5, 5.41) is 8.54. The van der Waals surface area contributed by atoms with Crippen molar-refractivity contribution in [2.75, 3.05) is 18.2 Å². The Balaban J connectivity index is 1.91. The first kappa shape index (κ1) is 14.2. The third kappa shape index (κ3) is 2.66. The first-order valence-corrected chi connectivity index (χ1v) is 7.31. The number of benzene rings is 1. The Morgan fingerprint density at radius 2 is 2.23 bits per heavy atom. The van der Waals surface area contributed by atoms with Gasteiger partial charge in [0.05, 0.1) is 12.0 Å². The molecule has 0 saturated heterocycles. The third-order valence-electron chi connectivity index (χ3n) is 3.03. The number of ether oxygens (including phenoxy) is 1. The maximum absolute atomic E-state index is 12.5. The van der Waals surface area contributed by atoms with Crippen molar-refractivity contribution < 1.29 is 14.1 Å². The van der Waals surface area contributed by atoms with Gasteiger partial charge in [-0.1, -0.05) is 17.3 Å². The van der Waals surface area contributed by atoms with Crippen molar-refractivity contribution in [2.24, 2.45) is 0 Å². The van der Waals surface area contributed by atoms with E-state index in [0.717, 1.165) is 4.88 Å². The van der Waals surface area contributed by atoms with Crippen LogP contribution >= 0.6 is 11.3 Å². The number of nitrogens with two attached hydrogens (primary N) is 1. The molecule has 0 saturated carbocycles. The summed E-state index contributed by atoms with van der Waals surface area (Å²) in [5.41, 5.74) is 7.01. The third-order valence-corrected chi connectivity index (χ3v) is 3.90. The van der Waals surface area contributed by atoms with E-state index in [1.165, 1.54) is 11.3 Å². The van der Waals surface area contributed by atoms with E-state index in [1.807, 2.05) is 17.5 Å². The summed E-state index contributed by atoms with van der Waals surface area (Å²) < 4.78 is 10.1. The van der Waals surface area contributed by atoms with Gasteiger partial charge in [-0.3, -0.25) is 4.79 Å². The van der Waals surface area contributed by atoms with E-state index >= 15 is 0 Å². The Labute approximate surface area is 130 Å². The van der Waals surface area contributed by atoms with E-state index in [1.54, 1.807) is 31.4 Å². The van der Waals surface area contributed by atoms with Gasteiger partial charge in [-0.15, -0.1) is 11.3 Å². The fourth-order valence-corrected chi connectivity index (χ4v) is 2.71. The molecule has 3 N–H and O–H groups in total. The number of amides is 1. The van der Waals surface area contributed by atoms with Gasteiger partial charge in [0.15, 0.2) is 0 Å². The number of thiophene rings is 1. The summed E-state index contributed by atoms with van der Waals surface area (Å²) in [5.74, 6) is 0.258. The van der Waals surface area contributed by atoms with Gasteiger partial charge in [0.1, 0.15) is 17.0 Å². The van der Waals surface area contributed by atoms with Gasteiger partial charge in [0.2, 0.25) is 5.88 Å². The summed E-state index contributed by atoms with van der Waals surface area (Å²) in [6, 6.07) is 10.8. The van der Waals surface area contributed by atoms with E-state index < -0.39 is 0 Å². The summed E-state index contributed by atoms with van der Waals surface area (Å²) >= 11 is 1.46. The molecule has 6 nitrogen and oxygen atoms in total. The molecule has 3 rings (SSSR count). The second-order valence-electron chi connectivity index (χ2n) is 4.43. The van der Waals surface area contributed by atoms with Crippen LogP contribution < -0.4 is 15.8 Å². The maximum Gasteiger partial charge on any atom is 0.263 e. The van der Waals surface area contributed by atoms with Crippen molar-refractivity contribution in [1.29, 1.82) is 0 Å². The van der Waals surface area contributed by atoms with Gasteiger partial charge in [-0.05, 0) is 23.6 Å². The van der Waals surface area contributed by atoms with Gasteiger partial charge in [0, 0.05) is 11.8 Å². The molecule has 0 aliphatic rings. The van der Waals surface area contributed by atoms with Crippen molar-refractivity contribution in [3.05, 3.63) is 47.3 Å². The lowest BCUT2D eigenvalue weighted by atomic mass is 10.2. The zero-order valence-corrected chi connectivity index (χ0v) is 12.5. The lowest BCUT2D eigenvalue weighted by molar-refractivity contribution is 0.102. The van der Waals surface area contributed by atoms with Gasteiger partial charge >= 0.3 is 0 Å². The molecule has 112 valence electrons. The van der Waals surface area contributed by atoms with E-state index in [-0.39, 0.29) is 17.4 Å². The second-order valence-corrected chi connectivity index (χ2v) is 5.38. The molecule has 0 radical (unpaired) electrons. The summed E-state index contributed by atoms with van der Waals surface area (Å²) in [4.78, 5) is 13.3. The van der Waals surface area contributed by atoms with Crippen LogP contribution in [0.5, 0.6) is 5.75 Å². The molecular formula is C15H13N3O3S. The monoisotopic (exact) mass is 315 g/mol. The quantitative estimate of drug-likeness (QED) is 0.771. The number of methoxy groups -OCH3 is 1. The molecule has 2 aromatic heterocycles. The minimum Gasteiger partial charge on any atom is -0.497 e. The first-order valence-electron chi connectivity index (χ1n) is 6.43. The Morgan fingerprint density at radius 3 is 2.95 bits per heavy atom. The number of rotatable bonds is 4. The minimum atomic E-state index is -0.379. The SMILES string of the molecule is COc1cccc(NC(=O)c2c(-c3cccs3)noc2N)c1. The molecule has 2 heterocycles. The number of nitrogen functional groups attached to an aromatic ring is 1. The van der Waals surface area contributed by atoms with Crippen LogP contribution in [0.1, 0.15) is 10.4 Å². The van der Waals surface area contributed by atoms with Crippen molar-refractivity contribution in [3.63, 3.8) is 0 Å². The van der Waals surface area contributed by atoms with Crippen LogP contribution in [-0.2, 0) is 0 Å². The lowest BCUT2D eigenvalue weighted by Crippen LogP contribution is -2.13. The minimum absolute atomic E-state index is 0.0104. The van der Waals surface area contributed by atoms with Gasteiger partial charge < -0.3 is 20.3 Å². The first-order chi connectivity index (χ1) is 10.7. The molecule has 0 fully saturated rings. The molecule has 0 spiro atoms. The summed E-state index contributed by atoms with van der Waals surface area (Å²) in [6.07, 6.45) is 0. The highest BCUT2D eigenvalue weighted by Crippen LogP contribution is 2.31. The Hall–Kier alpha value is -2.80. The van der Waals surface area contributed by atoms with Crippen LogP contribution in [0, 0.1) is 0 Å². The van der Waals surface area contributed by atoms with Gasteiger partial charge in [0.25, 0.3) is 5.91 Å². The van der Waals surface area contributed by atoms with Crippen molar-refractivity contribution in [3.8, 4) is 16.3 Å². The van der Waals surface area contributed by atoms with Gasteiger partial charge in [-0.2, -0.15) is 0 Å². The molecule has 0 atom stereocenters. The molecular weight excluding hydrogens is 302 g/mol. The smallest absolute Gasteiger partial charge is 0.263 e.